The molecule has 4 nitrogen and oxygen atoms in total. The first kappa shape index (κ1) is 13.3. The molecule has 4 rings (SSSR count). The van der Waals surface area contributed by atoms with Gasteiger partial charge in [0.2, 0.25) is 0 Å². The van der Waals surface area contributed by atoms with Crippen LogP contribution in [-0.4, -0.2) is 18.5 Å². The molecule has 112 valence electrons. The zero-order valence-corrected chi connectivity index (χ0v) is 12.5. The van der Waals surface area contributed by atoms with E-state index in [1.807, 2.05) is 44.2 Å². The van der Waals surface area contributed by atoms with Crippen molar-refractivity contribution in [3.8, 4) is 0 Å². The van der Waals surface area contributed by atoms with Crippen molar-refractivity contribution >= 4 is 22.7 Å². The Labute approximate surface area is 128 Å². The van der Waals surface area contributed by atoms with Crippen LogP contribution in [0.5, 0.6) is 0 Å². The molecule has 2 heterocycles. The summed E-state index contributed by atoms with van der Waals surface area (Å²) in [5.41, 5.74) is 2.52. The zero-order valence-electron chi connectivity index (χ0n) is 12.5. The average molecular weight is 296 g/mol. The fraction of sp³-hybridized carbons (Fsp3) is 0.333. The molecule has 0 bridgehead atoms. The fourth-order valence-electron chi connectivity index (χ4n) is 3.57. The van der Waals surface area contributed by atoms with Crippen molar-refractivity contribution in [2.24, 2.45) is 11.8 Å². The fourth-order valence-corrected chi connectivity index (χ4v) is 3.57. The van der Waals surface area contributed by atoms with Gasteiger partial charge in [-0.2, -0.15) is 0 Å². The average Bonchev–Trinajstić information content (AvgIpc) is 3.00. The number of cyclic esters (lactones) is 2. The summed E-state index contributed by atoms with van der Waals surface area (Å²) in [4.78, 5) is 24.4. The number of hydrogen-bond acceptors (Lipinski definition) is 4. The van der Waals surface area contributed by atoms with Gasteiger partial charge in [0.05, 0.1) is 12.2 Å². The third kappa shape index (κ3) is 1.70. The Kier molecular flexibility index (Phi) is 2.76. The van der Waals surface area contributed by atoms with Crippen molar-refractivity contribution in [3.05, 3.63) is 47.0 Å². The highest BCUT2D eigenvalue weighted by Gasteiger charge is 2.47. The van der Waals surface area contributed by atoms with Gasteiger partial charge < -0.3 is 9.47 Å². The molecule has 0 radical (unpaired) electrons. The summed E-state index contributed by atoms with van der Waals surface area (Å²) in [6.07, 6.45) is -0.530. The van der Waals surface area contributed by atoms with Gasteiger partial charge in [-0.1, -0.05) is 37.3 Å². The van der Waals surface area contributed by atoms with Crippen molar-refractivity contribution < 1.29 is 19.1 Å². The Bertz CT molecular complexity index is 808. The van der Waals surface area contributed by atoms with Crippen LogP contribution in [-0.2, 0) is 14.3 Å². The van der Waals surface area contributed by atoms with Gasteiger partial charge in [-0.15, -0.1) is 0 Å². The molecule has 4 heteroatoms. The lowest BCUT2D eigenvalue weighted by molar-refractivity contribution is -0.144. The van der Waals surface area contributed by atoms with Gasteiger partial charge in [0, 0.05) is 11.5 Å². The molecule has 3 unspecified atom stereocenters. The number of carbonyl (C=O) groups is 2. The maximum absolute atomic E-state index is 12.4. The van der Waals surface area contributed by atoms with Crippen molar-refractivity contribution in [1.29, 1.82) is 0 Å². The summed E-state index contributed by atoms with van der Waals surface area (Å²) in [6, 6.07) is 9.80. The van der Waals surface area contributed by atoms with Gasteiger partial charge in [0.25, 0.3) is 0 Å². The Morgan fingerprint density at radius 2 is 1.91 bits per heavy atom. The molecule has 2 aromatic rings. The third-order valence-electron chi connectivity index (χ3n) is 4.76. The van der Waals surface area contributed by atoms with E-state index in [0.717, 1.165) is 21.9 Å². The van der Waals surface area contributed by atoms with Crippen LogP contribution in [0.25, 0.3) is 10.8 Å². The first-order valence-electron chi connectivity index (χ1n) is 7.48. The lowest BCUT2D eigenvalue weighted by atomic mass is 9.85. The van der Waals surface area contributed by atoms with E-state index in [1.165, 1.54) is 0 Å². The smallest absolute Gasteiger partial charge is 0.339 e. The van der Waals surface area contributed by atoms with Gasteiger partial charge in [0.15, 0.2) is 0 Å². The predicted molar refractivity (Wildman–Crippen MR) is 80.5 cm³/mol. The third-order valence-corrected chi connectivity index (χ3v) is 4.76. The second-order valence-corrected chi connectivity index (χ2v) is 6.16. The number of benzene rings is 2. The summed E-state index contributed by atoms with van der Waals surface area (Å²) >= 11 is 0. The zero-order chi connectivity index (χ0) is 15.4. The lowest BCUT2D eigenvalue weighted by Gasteiger charge is -2.18. The molecule has 1 fully saturated rings. The number of hydrogen-bond donors (Lipinski definition) is 0. The van der Waals surface area contributed by atoms with Gasteiger partial charge in [-0.25, -0.2) is 4.79 Å². The number of aryl methyl sites for hydroxylation is 1. The second kappa shape index (κ2) is 4.57. The summed E-state index contributed by atoms with van der Waals surface area (Å²) in [5, 5.41) is 1.94. The van der Waals surface area contributed by atoms with Crippen LogP contribution in [0, 0.1) is 18.8 Å². The highest BCUT2D eigenvalue weighted by atomic mass is 16.6. The molecule has 22 heavy (non-hydrogen) atoms. The van der Waals surface area contributed by atoms with Crippen molar-refractivity contribution in [1.82, 2.24) is 0 Å². The van der Waals surface area contributed by atoms with Crippen LogP contribution in [0.4, 0.5) is 0 Å². The molecule has 0 aromatic heterocycles. The molecule has 0 saturated carbocycles. The van der Waals surface area contributed by atoms with Crippen LogP contribution < -0.4 is 0 Å². The standard InChI is InChI=1S/C18H16O4/c1-9-4-3-5-12-11(9)6-7-13-15(12)18(20)22-16(13)14-10(2)8-21-17(14)19/h3-7,10,14,16H,8H2,1-2H3. The number of esters is 2. The van der Waals surface area contributed by atoms with Gasteiger partial charge in [0.1, 0.15) is 12.0 Å². The van der Waals surface area contributed by atoms with Crippen LogP contribution in [0.15, 0.2) is 30.3 Å². The Morgan fingerprint density at radius 3 is 2.64 bits per heavy atom. The quantitative estimate of drug-likeness (QED) is 0.758. The van der Waals surface area contributed by atoms with Crippen LogP contribution in [0.3, 0.4) is 0 Å². The van der Waals surface area contributed by atoms with Crippen LogP contribution in [0.1, 0.15) is 34.5 Å². The predicted octanol–water partition coefficient (Wildman–Crippen LogP) is 3.17. The minimum absolute atomic E-state index is 0.0458. The topological polar surface area (TPSA) is 52.6 Å². The Morgan fingerprint density at radius 1 is 1.09 bits per heavy atom. The largest absolute Gasteiger partial charge is 0.465 e. The molecule has 3 atom stereocenters. The first-order chi connectivity index (χ1) is 10.6. The number of carbonyl (C=O) groups excluding carboxylic acids is 2. The lowest BCUT2D eigenvalue weighted by Crippen LogP contribution is -2.22. The molecule has 0 amide bonds. The van der Waals surface area contributed by atoms with E-state index in [4.69, 9.17) is 9.47 Å². The van der Waals surface area contributed by atoms with Crippen molar-refractivity contribution in [3.63, 3.8) is 0 Å². The van der Waals surface area contributed by atoms with Crippen LogP contribution >= 0.6 is 0 Å². The van der Waals surface area contributed by atoms with E-state index in [2.05, 4.69) is 0 Å². The molecule has 2 aromatic carbocycles. The molecule has 2 aliphatic rings. The highest BCUT2D eigenvalue weighted by Crippen LogP contribution is 2.44. The second-order valence-electron chi connectivity index (χ2n) is 6.16. The van der Waals surface area contributed by atoms with Gasteiger partial charge >= 0.3 is 11.9 Å². The van der Waals surface area contributed by atoms with E-state index >= 15 is 0 Å². The monoisotopic (exact) mass is 296 g/mol. The van der Waals surface area contributed by atoms with Crippen molar-refractivity contribution in [2.75, 3.05) is 6.61 Å². The maximum atomic E-state index is 12.4. The van der Waals surface area contributed by atoms with E-state index in [9.17, 15) is 9.59 Å². The van der Waals surface area contributed by atoms with Crippen LogP contribution in [0.2, 0.25) is 0 Å². The minimum Gasteiger partial charge on any atom is -0.465 e. The molecular weight excluding hydrogens is 280 g/mol. The van der Waals surface area contributed by atoms with E-state index in [1.54, 1.807) is 0 Å². The molecule has 1 saturated heterocycles. The normalized spacial score (nSPS) is 26.9. The Hall–Kier alpha value is -2.36. The summed E-state index contributed by atoms with van der Waals surface area (Å²) in [6.45, 7) is 4.36. The van der Waals surface area contributed by atoms with E-state index < -0.39 is 12.0 Å². The Balaban J connectivity index is 1.91. The highest BCUT2D eigenvalue weighted by molar-refractivity contribution is 6.08. The van der Waals surface area contributed by atoms with Crippen molar-refractivity contribution in [2.45, 2.75) is 20.0 Å². The number of ether oxygens (including phenoxy) is 2. The summed E-state index contributed by atoms with van der Waals surface area (Å²) in [5.74, 6) is -0.984. The van der Waals surface area contributed by atoms with E-state index in [-0.39, 0.29) is 17.9 Å². The summed E-state index contributed by atoms with van der Waals surface area (Å²) in [7, 11) is 0. The molecular formula is C18H16O4. The van der Waals surface area contributed by atoms with Gasteiger partial charge in [-0.3, -0.25) is 4.79 Å². The number of rotatable bonds is 1. The number of fused-ring (bicyclic) bond motifs is 3. The SMILES string of the molecule is Cc1cccc2c3c(ccc12)C(C1C(=O)OCC1C)OC3=O. The molecule has 0 spiro atoms. The van der Waals surface area contributed by atoms with Gasteiger partial charge in [-0.05, 0) is 23.3 Å². The van der Waals surface area contributed by atoms with E-state index in [0.29, 0.717) is 12.2 Å². The maximum Gasteiger partial charge on any atom is 0.339 e. The minimum atomic E-state index is -0.530. The first-order valence-corrected chi connectivity index (χ1v) is 7.48. The molecule has 0 N–H and O–H groups in total. The molecule has 2 aliphatic heterocycles. The molecule has 0 aliphatic carbocycles. The summed E-state index contributed by atoms with van der Waals surface area (Å²) < 4.78 is 10.7.